The Morgan fingerprint density at radius 1 is 1.17 bits per heavy atom. The first-order valence-corrected chi connectivity index (χ1v) is 9.24. The summed E-state index contributed by atoms with van der Waals surface area (Å²) in [6.07, 6.45) is 4.89. The van der Waals surface area contributed by atoms with E-state index in [0.29, 0.717) is 12.0 Å². The van der Waals surface area contributed by atoms with Gasteiger partial charge in [-0.05, 0) is 39.5 Å². The van der Waals surface area contributed by atoms with Crippen molar-refractivity contribution in [1.29, 1.82) is 0 Å². The molecule has 0 aliphatic heterocycles. The highest BCUT2D eigenvalue weighted by atomic mass is 32.2. The zero-order valence-corrected chi connectivity index (χ0v) is 14.3. The Morgan fingerprint density at radius 2 is 1.87 bits per heavy atom. The van der Waals surface area contributed by atoms with E-state index >= 15 is 0 Å². The van der Waals surface area contributed by atoms with Crippen LogP contribution in [0, 0.1) is 6.92 Å². The molecule has 4 rings (SSSR count). The number of benzene rings is 1. The van der Waals surface area contributed by atoms with E-state index < -0.39 is 0 Å². The summed E-state index contributed by atoms with van der Waals surface area (Å²) < 4.78 is 2.31. The van der Waals surface area contributed by atoms with Gasteiger partial charge in [0, 0.05) is 17.5 Å². The summed E-state index contributed by atoms with van der Waals surface area (Å²) >= 11 is 1.55. The zero-order valence-electron chi connectivity index (χ0n) is 13.5. The highest BCUT2D eigenvalue weighted by Gasteiger charge is 2.37. The van der Waals surface area contributed by atoms with E-state index in [1.807, 2.05) is 38.1 Å². The molecule has 0 radical (unpaired) electrons. The zero-order chi connectivity index (χ0) is 16.0. The second-order valence-electron chi connectivity index (χ2n) is 6.71. The van der Waals surface area contributed by atoms with Crippen LogP contribution in [-0.4, -0.2) is 25.8 Å². The number of carbonyl (C=O) groups is 1. The van der Waals surface area contributed by atoms with E-state index in [2.05, 4.69) is 14.8 Å². The largest absolute Gasteiger partial charge is 0.303 e. The molecule has 0 saturated heterocycles. The summed E-state index contributed by atoms with van der Waals surface area (Å²) in [4.78, 5) is 12.6. The number of hydrogen-bond acceptors (Lipinski definition) is 4. The van der Waals surface area contributed by atoms with Crippen LogP contribution in [-0.2, 0) is 0 Å². The normalized spacial score (nSPS) is 18.9. The molecule has 0 bridgehead atoms. The average molecular weight is 327 g/mol. The summed E-state index contributed by atoms with van der Waals surface area (Å²) in [5, 5.41) is 9.58. The van der Waals surface area contributed by atoms with Gasteiger partial charge in [-0.1, -0.05) is 41.6 Å². The Hall–Kier alpha value is -1.62. The predicted molar refractivity (Wildman–Crippen MR) is 91.1 cm³/mol. The number of nitrogens with zero attached hydrogens (tertiary/aromatic N) is 3. The van der Waals surface area contributed by atoms with Gasteiger partial charge in [-0.2, -0.15) is 0 Å². The van der Waals surface area contributed by atoms with Crippen LogP contribution in [0.25, 0.3) is 0 Å². The third-order valence-electron chi connectivity index (χ3n) is 4.53. The molecule has 4 nitrogen and oxygen atoms in total. The molecule has 2 fully saturated rings. The van der Waals surface area contributed by atoms with Crippen LogP contribution in [0.4, 0.5) is 0 Å². The second-order valence-corrected chi connectivity index (χ2v) is 8.01. The van der Waals surface area contributed by atoms with E-state index in [-0.39, 0.29) is 11.0 Å². The van der Waals surface area contributed by atoms with Gasteiger partial charge in [0.25, 0.3) is 0 Å². The van der Waals surface area contributed by atoms with Crippen molar-refractivity contribution in [3.05, 3.63) is 41.2 Å². The molecule has 1 aromatic carbocycles. The third-order valence-corrected chi connectivity index (χ3v) is 5.59. The molecule has 1 aromatic heterocycles. The molecule has 5 heteroatoms. The van der Waals surface area contributed by atoms with E-state index in [9.17, 15) is 4.79 Å². The van der Waals surface area contributed by atoms with Gasteiger partial charge in [-0.25, -0.2) is 0 Å². The van der Waals surface area contributed by atoms with Crippen LogP contribution in [0.5, 0.6) is 0 Å². The molecular formula is C18H21N3OS. The summed E-state index contributed by atoms with van der Waals surface area (Å²) in [6.45, 7) is 4.00. The maximum absolute atomic E-state index is 12.6. The van der Waals surface area contributed by atoms with Crippen LogP contribution in [0.15, 0.2) is 29.4 Å². The number of Topliss-reactive ketones (excluding diaryl/α,β-unsaturated/α-hetero) is 1. The van der Waals surface area contributed by atoms with Gasteiger partial charge in [0.15, 0.2) is 10.9 Å². The molecule has 2 aliphatic rings. The van der Waals surface area contributed by atoms with E-state index in [4.69, 9.17) is 0 Å². The SMILES string of the molecule is Cc1ccc(C(=O)C(C)Sc2nnc(C3CC3)n2C2CC2)cc1. The van der Waals surface area contributed by atoms with Crippen molar-refractivity contribution in [3.63, 3.8) is 0 Å². The fourth-order valence-electron chi connectivity index (χ4n) is 2.83. The minimum absolute atomic E-state index is 0.147. The molecule has 120 valence electrons. The van der Waals surface area contributed by atoms with Gasteiger partial charge >= 0.3 is 0 Å². The van der Waals surface area contributed by atoms with Crippen molar-refractivity contribution >= 4 is 17.5 Å². The molecule has 0 N–H and O–H groups in total. The van der Waals surface area contributed by atoms with Crippen molar-refractivity contribution in [2.45, 2.75) is 61.9 Å². The lowest BCUT2D eigenvalue weighted by Gasteiger charge is -2.12. The van der Waals surface area contributed by atoms with E-state index in [1.165, 1.54) is 31.2 Å². The van der Waals surface area contributed by atoms with Gasteiger partial charge < -0.3 is 4.57 Å². The number of ketones is 1. The van der Waals surface area contributed by atoms with Crippen molar-refractivity contribution < 1.29 is 4.79 Å². The Labute approximate surface area is 140 Å². The van der Waals surface area contributed by atoms with E-state index in [1.54, 1.807) is 11.8 Å². The predicted octanol–water partition coefficient (Wildman–Crippen LogP) is 4.16. The highest BCUT2D eigenvalue weighted by Crippen LogP contribution is 2.46. The number of aromatic nitrogens is 3. The molecular weight excluding hydrogens is 306 g/mol. The summed E-state index contributed by atoms with van der Waals surface area (Å²) in [5.74, 6) is 1.90. The fourth-order valence-corrected chi connectivity index (χ4v) is 3.83. The lowest BCUT2D eigenvalue weighted by atomic mass is 10.1. The maximum atomic E-state index is 12.6. The lowest BCUT2D eigenvalue weighted by molar-refractivity contribution is 0.0994. The number of hydrogen-bond donors (Lipinski definition) is 0. The van der Waals surface area contributed by atoms with Gasteiger partial charge in [-0.3, -0.25) is 4.79 Å². The highest BCUT2D eigenvalue weighted by molar-refractivity contribution is 8.00. The molecule has 1 atom stereocenters. The van der Waals surface area contributed by atoms with Crippen LogP contribution >= 0.6 is 11.8 Å². The van der Waals surface area contributed by atoms with Crippen LogP contribution in [0.2, 0.25) is 0 Å². The summed E-state index contributed by atoms with van der Waals surface area (Å²) in [7, 11) is 0. The summed E-state index contributed by atoms with van der Waals surface area (Å²) in [6, 6.07) is 8.36. The molecule has 2 aromatic rings. The standard InChI is InChI=1S/C18H21N3OS/c1-11-3-5-13(6-4-11)16(22)12(2)23-18-20-19-17(14-7-8-14)21(18)15-9-10-15/h3-6,12,14-15H,7-10H2,1-2H3. The summed E-state index contributed by atoms with van der Waals surface area (Å²) in [5.41, 5.74) is 1.94. The average Bonchev–Trinajstić information content (AvgIpc) is 3.46. The minimum atomic E-state index is -0.147. The van der Waals surface area contributed by atoms with Gasteiger partial charge in [0.05, 0.1) is 5.25 Å². The van der Waals surface area contributed by atoms with Gasteiger partial charge in [0.1, 0.15) is 5.82 Å². The minimum Gasteiger partial charge on any atom is -0.303 e. The number of rotatable bonds is 6. The fraction of sp³-hybridized carbons (Fsp3) is 0.500. The molecule has 2 aliphatic carbocycles. The smallest absolute Gasteiger partial charge is 0.192 e. The van der Waals surface area contributed by atoms with Crippen LogP contribution in [0.3, 0.4) is 0 Å². The molecule has 23 heavy (non-hydrogen) atoms. The van der Waals surface area contributed by atoms with Gasteiger partial charge in [0.2, 0.25) is 0 Å². The quantitative estimate of drug-likeness (QED) is 0.590. The molecule has 0 amide bonds. The Morgan fingerprint density at radius 3 is 2.48 bits per heavy atom. The molecule has 2 saturated carbocycles. The van der Waals surface area contributed by atoms with Gasteiger partial charge in [-0.15, -0.1) is 10.2 Å². The number of thioether (sulfide) groups is 1. The number of aryl methyl sites for hydroxylation is 1. The van der Waals surface area contributed by atoms with E-state index in [0.717, 1.165) is 16.5 Å². The first kappa shape index (κ1) is 14.9. The monoisotopic (exact) mass is 327 g/mol. The Balaban J connectivity index is 1.53. The van der Waals surface area contributed by atoms with Crippen molar-refractivity contribution in [3.8, 4) is 0 Å². The third kappa shape index (κ3) is 3.07. The van der Waals surface area contributed by atoms with Crippen LogP contribution in [0.1, 0.15) is 66.3 Å². The van der Waals surface area contributed by atoms with Crippen LogP contribution < -0.4 is 0 Å². The van der Waals surface area contributed by atoms with Crippen molar-refractivity contribution in [2.75, 3.05) is 0 Å². The lowest BCUT2D eigenvalue weighted by Crippen LogP contribution is -2.15. The maximum Gasteiger partial charge on any atom is 0.192 e. The molecule has 0 spiro atoms. The van der Waals surface area contributed by atoms with Crippen molar-refractivity contribution in [2.24, 2.45) is 0 Å². The second kappa shape index (κ2) is 5.78. The van der Waals surface area contributed by atoms with Crippen molar-refractivity contribution in [1.82, 2.24) is 14.8 Å². The molecule has 1 unspecified atom stereocenters. The number of carbonyl (C=O) groups excluding carboxylic acids is 1. The topological polar surface area (TPSA) is 47.8 Å². The Bertz CT molecular complexity index is 729. The molecule has 1 heterocycles. The Kier molecular flexibility index (Phi) is 3.76. The first-order valence-electron chi connectivity index (χ1n) is 8.36. The first-order chi connectivity index (χ1) is 11.1.